The quantitative estimate of drug-likeness (QED) is 0.245. The number of hydrogen-bond donors (Lipinski definition) is 0. The van der Waals surface area contributed by atoms with Crippen LogP contribution in [0.5, 0.6) is 11.6 Å². The lowest BCUT2D eigenvalue weighted by Gasteiger charge is -2.17. The third-order valence-corrected chi connectivity index (χ3v) is 6.69. The van der Waals surface area contributed by atoms with Crippen molar-refractivity contribution in [2.45, 2.75) is 26.3 Å². The zero-order valence-electron chi connectivity index (χ0n) is 22.5. The average molecular weight is 579 g/mol. The Morgan fingerprint density at radius 3 is 2.57 bits per heavy atom. The Hall–Kier alpha value is -5.25. The molecule has 0 aliphatic carbocycles. The molecule has 0 aliphatic rings. The van der Waals surface area contributed by atoms with Crippen LogP contribution in [0.15, 0.2) is 59.8 Å². The molecule has 0 bridgehead atoms. The molecule has 0 atom stereocenters. The van der Waals surface area contributed by atoms with Gasteiger partial charge in [0.1, 0.15) is 41.3 Å². The van der Waals surface area contributed by atoms with Gasteiger partial charge in [-0.1, -0.05) is 0 Å². The number of alkyl halides is 3. The lowest BCUT2D eigenvalue weighted by atomic mass is 10.1. The number of rotatable bonds is 7. The Labute approximate surface area is 236 Å². The van der Waals surface area contributed by atoms with Crippen molar-refractivity contribution in [3.8, 4) is 29.1 Å². The van der Waals surface area contributed by atoms with Gasteiger partial charge in [0.05, 0.1) is 31.6 Å². The van der Waals surface area contributed by atoms with E-state index in [1.807, 2.05) is 13.0 Å². The van der Waals surface area contributed by atoms with E-state index in [1.54, 1.807) is 29.8 Å². The van der Waals surface area contributed by atoms with Crippen molar-refractivity contribution in [1.29, 1.82) is 5.26 Å². The number of halogens is 4. The van der Waals surface area contributed by atoms with Crippen molar-refractivity contribution in [2.24, 2.45) is 7.05 Å². The topological polar surface area (TPSA) is 108 Å². The number of methoxy groups -OCH3 is 1. The minimum atomic E-state index is -4.86. The van der Waals surface area contributed by atoms with Crippen molar-refractivity contribution in [3.05, 3.63) is 99.2 Å². The molecule has 0 unspecified atom stereocenters. The molecule has 0 saturated heterocycles. The van der Waals surface area contributed by atoms with E-state index in [9.17, 15) is 23.2 Å². The van der Waals surface area contributed by atoms with E-state index in [2.05, 4.69) is 21.0 Å². The normalized spacial score (nSPS) is 11.5. The minimum Gasteiger partial charge on any atom is -0.489 e. The Morgan fingerprint density at radius 2 is 1.88 bits per heavy atom. The summed E-state index contributed by atoms with van der Waals surface area (Å²) in [5.41, 5.74) is -0.194. The summed E-state index contributed by atoms with van der Waals surface area (Å²) in [5.74, 6) is 0.0175. The molecule has 214 valence electrons. The lowest BCUT2D eigenvalue weighted by Crippen LogP contribution is -2.29. The number of nitriles is 1. The monoisotopic (exact) mass is 578 g/mol. The van der Waals surface area contributed by atoms with Crippen LogP contribution in [0.1, 0.15) is 28.1 Å². The van der Waals surface area contributed by atoms with Gasteiger partial charge >= 0.3 is 6.18 Å². The standard InChI is InChI=1S/C29H22F4N6O3/c1-16-9-20(26-35-12-17(11-34)38(26)2)19-10-18(6-7-25(19)37-16)42-15-22-21(27(41-3)36-13-24(22)30)14-39-8-4-5-23(28(39)40)29(31,32)33/h4-10,12-13H,14-15H2,1-3H3. The van der Waals surface area contributed by atoms with Crippen LogP contribution in [0.25, 0.3) is 22.3 Å². The van der Waals surface area contributed by atoms with Crippen LogP contribution >= 0.6 is 0 Å². The van der Waals surface area contributed by atoms with E-state index in [-0.39, 0.29) is 23.6 Å². The summed E-state index contributed by atoms with van der Waals surface area (Å²) in [6, 6.07) is 10.7. The first kappa shape index (κ1) is 28.3. The lowest BCUT2D eigenvalue weighted by molar-refractivity contribution is -0.138. The van der Waals surface area contributed by atoms with Crippen LogP contribution in [0.2, 0.25) is 0 Å². The molecule has 5 aromatic rings. The van der Waals surface area contributed by atoms with Gasteiger partial charge < -0.3 is 18.6 Å². The van der Waals surface area contributed by atoms with Crippen molar-refractivity contribution in [2.75, 3.05) is 7.11 Å². The van der Waals surface area contributed by atoms with Gasteiger partial charge in [-0.05, 0) is 43.3 Å². The van der Waals surface area contributed by atoms with Gasteiger partial charge in [-0.25, -0.2) is 14.4 Å². The third kappa shape index (κ3) is 5.26. The highest BCUT2D eigenvalue weighted by Crippen LogP contribution is 2.32. The van der Waals surface area contributed by atoms with E-state index < -0.39 is 29.7 Å². The van der Waals surface area contributed by atoms with Crippen LogP contribution in [0, 0.1) is 24.1 Å². The molecular weight excluding hydrogens is 556 g/mol. The molecule has 13 heteroatoms. The largest absolute Gasteiger partial charge is 0.489 e. The maximum absolute atomic E-state index is 15.1. The van der Waals surface area contributed by atoms with Crippen LogP contribution < -0.4 is 15.0 Å². The first-order valence-corrected chi connectivity index (χ1v) is 12.4. The van der Waals surface area contributed by atoms with Crippen LogP contribution in [0.4, 0.5) is 17.6 Å². The Morgan fingerprint density at radius 1 is 1.10 bits per heavy atom. The van der Waals surface area contributed by atoms with Crippen LogP contribution in [-0.4, -0.2) is 31.2 Å². The predicted molar refractivity (Wildman–Crippen MR) is 143 cm³/mol. The molecule has 0 spiro atoms. The number of aromatic nitrogens is 5. The SMILES string of the molecule is COc1ncc(F)c(COc2ccc3nc(C)cc(-c4ncc(C#N)n4C)c3c2)c1Cn1cccc(C(F)(F)F)c1=O. The molecular formula is C29H22F4N6O3. The fourth-order valence-corrected chi connectivity index (χ4v) is 4.62. The maximum Gasteiger partial charge on any atom is 0.421 e. The maximum atomic E-state index is 15.1. The Kier molecular flexibility index (Phi) is 7.38. The van der Waals surface area contributed by atoms with Gasteiger partial charge in [0.25, 0.3) is 5.56 Å². The summed E-state index contributed by atoms with van der Waals surface area (Å²) in [5, 5.41) is 10.0. The molecule has 1 aromatic carbocycles. The summed E-state index contributed by atoms with van der Waals surface area (Å²) < 4.78 is 68.7. The second-order valence-corrected chi connectivity index (χ2v) is 9.34. The van der Waals surface area contributed by atoms with Crippen molar-refractivity contribution < 1.29 is 27.0 Å². The van der Waals surface area contributed by atoms with Crippen LogP contribution in [0.3, 0.4) is 0 Å². The zero-order chi connectivity index (χ0) is 30.2. The molecule has 0 N–H and O–H groups in total. The Balaban J connectivity index is 1.52. The number of imidazole rings is 1. The highest BCUT2D eigenvalue weighted by molar-refractivity contribution is 5.94. The number of benzene rings is 1. The fourth-order valence-electron chi connectivity index (χ4n) is 4.62. The van der Waals surface area contributed by atoms with Crippen molar-refractivity contribution in [1.82, 2.24) is 24.1 Å². The van der Waals surface area contributed by atoms with Gasteiger partial charge in [0.15, 0.2) is 0 Å². The summed E-state index contributed by atoms with van der Waals surface area (Å²) in [6.45, 7) is 1.04. The van der Waals surface area contributed by atoms with E-state index in [4.69, 9.17) is 9.47 Å². The number of fused-ring (bicyclic) bond motifs is 1. The fraction of sp³-hybridized carbons (Fsp3) is 0.207. The van der Waals surface area contributed by atoms with E-state index >= 15 is 4.39 Å². The molecule has 0 radical (unpaired) electrons. The summed E-state index contributed by atoms with van der Waals surface area (Å²) in [4.78, 5) is 25.4. The smallest absolute Gasteiger partial charge is 0.421 e. The van der Waals surface area contributed by atoms with Gasteiger partial charge in [0.2, 0.25) is 5.88 Å². The first-order chi connectivity index (χ1) is 20.0. The molecule has 0 amide bonds. The number of nitrogens with zero attached hydrogens (tertiary/aromatic N) is 6. The predicted octanol–water partition coefficient (Wildman–Crippen LogP) is 5.17. The molecule has 5 rings (SSSR count). The molecule has 4 aromatic heterocycles. The van der Waals surface area contributed by atoms with Gasteiger partial charge in [-0.15, -0.1) is 0 Å². The second kappa shape index (κ2) is 11.0. The Bertz CT molecular complexity index is 1920. The zero-order valence-corrected chi connectivity index (χ0v) is 22.5. The third-order valence-electron chi connectivity index (χ3n) is 6.69. The van der Waals surface area contributed by atoms with Gasteiger partial charge in [-0.3, -0.25) is 9.78 Å². The first-order valence-electron chi connectivity index (χ1n) is 12.4. The number of pyridine rings is 3. The summed E-state index contributed by atoms with van der Waals surface area (Å²) >= 11 is 0. The molecule has 4 heterocycles. The van der Waals surface area contributed by atoms with Crippen LogP contribution in [-0.2, 0) is 26.4 Å². The van der Waals surface area contributed by atoms with Gasteiger partial charge in [0, 0.05) is 41.0 Å². The van der Waals surface area contributed by atoms with Crippen molar-refractivity contribution >= 4 is 10.9 Å². The van der Waals surface area contributed by atoms with E-state index in [0.717, 1.165) is 22.5 Å². The summed E-state index contributed by atoms with van der Waals surface area (Å²) in [7, 11) is 3.00. The molecule has 0 fully saturated rings. The highest BCUT2D eigenvalue weighted by atomic mass is 19.4. The molecule has 42 heavy (non-hydrogen) atoms. The van der Waals surface area contributed by atoms with Gasteiger partial charge in [-0.2, -0.15) is 18.4 Å². The average Bonchev–Trinajstić information content (AvgIpc) is 3.32. The number of ether oxygens (including phenoxy) is 2. The van der Waals surface area contributed by atoms with Crippen molar-refractivity contribution in [3.63, 3.8) is 0 Å². The molecule has 9 nitrogen and oxygen atoms in total. The number of aryl methyl sites for hydroxylation is 1. The second-order valence-electron chi connectivity index (χ2n) is 9.34. The molecule has 0 saturated carbocycles. The summed E-state index contributed by atoms with van der Waals surface area (Å²) in [6.07, 6.45) is -1.31. The number of hydrogen-bond acceptors (Lipinski definition) is 7. The molecule has 0 aliphatic heterocycles. The van der Waals surface area contributed by atoms with E-state index in [0.29, 0.717) is 39.8 Å². The minimum absolute atomic E-state index is 0.0451. The highest BCUT2D eigenvalue weighted by Gasteiger charge is 2.34. The van der Waals surface area contributed by atoms with E-state index in [1.165, 1.54) is 19.5 Å².